The van der Waals surface area contributed by atoms with Gasteiger partial charge in [0.1, 0.15) is 29.0 Å². The Bertz CT molecular complexity index is 1830. The number of carbonyl (C=O) groups is 4. The standard InChI is InChI=1S/C38H47N5O8/c1-7-49-34(46)38-20-17-24(38)13-11-9-8-10-12-14-27(40-35(47)51-36(3,4)5)33(45)43-22-37(21-28(43)32(44)42-38)19-18-25-30-26(15-16-29(41-30)48-6)39-23(2)31(25)50-37/h11,13,15-16,24,27-28H,7-10,12,14,18-19,21-22H2,1-6H3,(H,40,47)(H,42,44). The number of rotatable bonds is 4. The van der Waals surface area contributed by atoms with E-state index in [0.29, 0.717) is 54.0 Å². The van der Waals surface area contributed by atoms with Crippen molar-refractivity contribution in [1.29, 1.82) is 0 Å². The molecule has 1 saturated heterocycles. The first-order valence-corrected chi connectivity index (χ1v) is 17.8. The van der Waals surface area contributed by atoms with E-state index >= 15 is 0 Å². The number of alkyl carbamates (subject to hydrolysis) is 1. The number of hydrogen-bond acceptors (Lipinski definition) is 10. The molecule has 51 heavy (non-hydrogen) atoms. The van der Waals surface area contributed by atoms with Crippen LogP contribution < -0.4 is 20.1 Å². The lowest BCUT2D eigenvalue weighted by Gasteiger charge is -2.37. The summed E-state index contributed by atoms with van der Waals surface area (Å²) in [7, 11) is 1.56. The first-order valence-electron chi connectivity index (χ1n) is 17.8. The third-order valence-electron chi connectivity index (χ3n) is 9.86. The third kappa shape index (κ3) is 7.18. The van der Waals surface area contributed by atoms with Crippen LogP contribution >= 0.6 is 0 Å². The van der Waals surface area contributed by atoms with Crippen LogP contribution in [0.4, 0.5) is 4.79 Å². The van der Waals surface area contributed by atoms with Crippen LogP contribution in [0.1, 0.15) is 83.9 Å². The molecular weight excluding hydrogens is 654 g/mol. The van der Waals surface area contributed by atoms with Crippen LogP contribution in [0, 0.1) is 24.7 Å². The Kier molecular flexibility index (Phi) is 9.90. The Balaban J connectivity index is 1.38. The van der Waals surface area contributed by atoms with Crippen LogP contribution in [0.15, 0.2) is 24.3 Å². The number of methoxy groups -OCH3 is 1. The molecule has 3 aliphatic heterocycles. The van der Waals surface area contributed by atoms with Crippen LogP contribution in [0.3, 0.4) is 0 Å². The molecule has 2 N–H and O–H groups in total. The highest BCUT2D eigenvalue weighted by Gasteiger charge is 2.57. The summed E-state index contributed by atoms with van der Waals surface area (Å²) in [6.07, 6.45) is 7.63. The Morgan fingerprint density at radius 3 is 2.69 bits per heavy atom. The van der Waals surface area contributed by atoms with Crippen molar-refractivity contribution in [1.82, 2.24) is 25.5 Å². The number of allylic oxidation sites excluding steroid dienone is 1. The van der Waals surface area contributed by atoms with E-state index in [1.807, 2.05) is 25.1 Å². The van der Waals surface area contributed by atoms with Gasteiger partial charge < -0.3 is 34.5 Å². The summed E-state index contributed by atoms with van der Waals surface area (Å²) in [5.41, 5.74) is -0.404. The van der Waals surface area contributed by atoms with Crippen molar-refractivity contribution in [3.05, 3.63) is 35.5 Å². The molecule has 3 amide bonds. The van der Waals surface area contributed by atoms with Gasteiger partial charge in [-0.3, -0.25) is 9.59 Å². The average Bonchev–Trinajstić information content (AvgIpc) is 3.44. The minimum atomic E-state index is -1.59. The number of ether oxygens (including phenoxy) is 4. The van der Waals surface area contributed by atoms with Crippen LogP contribution in [0.25, 0.3) is 11.0 Å². The number of aryl methyl sites for hydroxylation is 2. The zero-order chi connectivity index (χ0) is 36.6. The number of carbonyl (C=O) groups excluding carboxylic acids is 4. The number of aromatic nitrogens is 2. The number of esters is 1. The molecule has 1 spiro atoms. The fraction of sp³-hybridized carbons (Fsp3) is 0.579. The van der Waals surface area contributed by atoms with E-state index in [1.54, 1.807) is 40.9 Å². The van der Waals surface area contributed by atoms with E-state index in [9.17, 15) is 19.2 Å². The van der Waals surface area contributed by atoms with E-state index in [2.05, 4.69) is 27.5 Å². The molecule has 2 aromatic rings. The molecule has 5 heterocycles. The van der Waals surface area contributed by atoms with Crippen molar-refractivity contribution in [2.24, 2.45) is 5.92 Å². The predicted octanol–water partition coefficient (Wildman–Crippen LogP) is 4.08. The summed E-state index contributed by atoms with van der Waals surface area (Å²) in [4.78, 5) is 66.5. The summed E-state index contributed by atoms with van der Waals surface area (Å²) in [5, 5.41) is 5.71. The number of amides is 3. The molecule has 6 rings (SSSR count). The highest BCUT2D eigenvalue weighted by molar-refractivity contribution is 5.98. The topological polar surface area (TPSA) is 158 Å². The predicted molar refractivity (Wildman–Crippen MR) is 187 cm³/mol. The number of nitrogens with zero attached hydrogens (tertiary/aromatic N) is 3. The SMILES string of the molecule is CCOC(=O)C12C#CC1C=CCCCCCC(NC(=O)OC(C)(C)C)C(=O)N1CC3(CCc4c(c(C)nc5ccc(OC)nc45)O3)CC1C(=O)N2. The fourth-order valence-corrected chi connectivity index (χ4v) is 7.35. The summed E-state index contributed by atoms with van der Waals surface area (Å²) in [6.45, 7) is 9.00. The molecule has 13 heteroatoms. The quantitative estimate of drug-likeness (QED) is 0.271. The highest BCUT2D eigenvalue weighted by Crippen LogP contribution is 2.45. The molecule has 272 valence electrons. The van der Waals surface area contributed by atoms with Gasteiger partial charge in [-0.1, -0.05) is 36.8 Å². The van der Waals surface area contributed by atoms with E-state index in [4.69, 9.17) is 23.9 Å². The van der Waals surface area contributed by atoms with Gasteiger partial charge >= 0.3 is 12.1 Å². The number of nitrogens with one attached hydrogen (secondary N) is 2. The first-order chi connectivity index (χ1) is 24.3. The smallest absolute Gasteiger partial charge is 0.408 e. The zero-order valence-corrected chi connectivity index (χ0v) is 30.2. The zero-order valence-electron chi connectivity index (χ0n) is 30.2. The van der Waals surface area contributed by atoms with E-state index in [0.717, 1.165) is 24.8 Å². The van der Waals surface area contributed by atoms with Gasteiger partial charge in [0.25, 0.3) is 0 Å². The van der Waals surface area contributed by atoms with Gasteiger partial charge in [0, 0.05) is 18.1 Å². The Morgan fingerprint density at radius 1 is 1.18 bits per heavy atom. The molecule has 13 nitrogen and oxygen atoms in total. The van der Waals surface area contributed by atoms with E-state index < -0.39 is 58.6 Å². The Labute approximate surface area is 298 Å². The van der Waals surface area contributed by atoms with Crippen molar-refractivity contribution in [3.63, 3.8) is 0 Å². The molecule has 0 radical (unpaired) electrons. The molecule has 1 aliphatic carbocycles. The summed E-state index contributed by atoms with van der Waals surface area (Å²) in [5.74, 6) is 4.70. The lowest BCUT2D eigenvalue weighted by atomic mass is 9.76. The van der Waals surface area contributed by atoms with Gasteiger partial charge in [-0.2, -0.15) is 0 Å². The monoisotopic (exact) mass is 701 g/mol. The molecule has 5 atom stereocenters. The minimum Gasteiger partial charge on any atom is -0.483 e. The highest BCUT2D eigenvalue weighted by atomic mass is 16.6. The largest absolute Gasteiger partial charge is 0.483 e. The van der Waals surface area contributed by atoms with Crippen molar-refractivity contribution in [2.75, 3.05) is 20.3 Å². The molecule has 0 bridgehead atoms. The normalized spacial score (nSPS) is 27.6. The molecule has 5 unspecified atom stereocenters. The summed E-state index contributed by atoms with van der Waals surface area (Å²) in [6, 6.07) is 1.62. The molecule has 0 saturated carbocycles. The van der Waals surface area contributed by atoms with E-state index in [1.165, 1.54) is 4.90 Å². The first kappa shape index (κ1) is 35.9. The van der Waals surface area contributed by atoms with Crippen LogP contribution in [-0.2, 0) is 30.3 Å². The van der Waals surface area contributed by atoms with Gasteiger partial charge in [0.2, 0.25) is 23.2 Å². The van der Waals surface area contributed by atoms with Gasteiger partial charge in [-0.15, -0.1) is 0 Å². The van der Waals surface area contributed by atoms with Crippen molar-refractivity contribution >= 4 is 34.9 Å². The number of hydrogen-bond donors (Lipinski definition) is 2. The molecule has 4 aliphatic rings. The maximum atomic E-state index is 14.6. The van der Waals surface area contributed by atoms with Crippen LogP contribution in [0.5, 0.6) is 11.6 Å². The summed E-state index contributed by atoms with van der Waals surface area (Å²) >= 11 is 0. The maximum Gasteiger partial charge on any atom is 0.408 e. The molecule has 2 aromatic heterocycles. The third-order valence-corrected chi connectivity index (χ3v) is 9.86. The number of fused-ring (bicyclic) bond motifs is 5. The van der Waals surface area contributed by atoms with Crippen molar-refractivity contribution in [2.45, 2.75) is 115 Å². The van der Waals surface area contributed by atoms with Gasteiger partial charge in [0.15, 0.2) is 0 Å². The van der Waals surface area contributed by atoms with Crippen LogP contribution in [-0.4, -0.2) is 87.8 Å². The maximum absolute atomic E-state index is 14.6. The Hall–Kier alpha value is -4.86. The lowest BCUT2D eigenvalue weighted by Crippen LogP contribution is -2.65. The Morgan fingerprint density at radius 2 is 1.98 bits per heavy atom. The van der Waals surface area contributed by atoms with Crippen LogP contribution in [0.2, 0.25) is 0 Å². The second-order valence-corrected chi connectivity index (χ2v) is 14.7. The summed E-state index contributed by atoms with van der Waals surface area (Å²) < 4.78 is 23.2. The second kappa shape index (κ2) is 14.0. The second-order valence-electron chi connectivity index (χ2n) is 14.7. The van der Waals surface area contributed by atoms with E-state index in [-0.39, 0.29) is 19.6 Å². The fourth-order valence-electron chi connectivity index (χ4n) is 7.35. The number of pyridine rings is 2. The molecule has 1 fully saturated rings. The molecular formula is C38H47N5O8. The molecule has 0 aromatic carbocycles. The lowest BCUT2D eigenvalue weighted by molar-refractivity contribution is -0.153. The minimum absolute atomic E-state index is 0.0697. The van der Waals surface area contributed by atoms with Gasteiger partial charge in [-0.25, -0.2) is 19.6 Å². The average molecular weight is 702 g/mol. The van der Waals surface area contributed by atoms with Crippen molar-refractivity contribution < 1.29 is 38.1 Å². The van der Waals surface area contributed by atoms with Crippen molar-refractivity contribution in [3.8, 4) is 23.5 Å². The van der Waals surface area contributed by atoms with Gasteiger partial charge in [-0.05, 0) is 72.8 Å². The van der Waals surface area contributed by atoms with Gasteiger partial charge in [0.05, 0.1) is 42.9 Å².